The predicted molar refractivity (Wildman–Crippen MR) is 187 cm³/mol. The molecule has 0 aromatic heterocycles. The van der Waals surface area contributed by atoms with E-state index in [1.54, 1.807) is 0 Å². The average Bonchev–Trinajstić information content (AvgIpc) is 2.85. The van der Waals surface area contributed by atoms with Gasteiger partial charge in [-0.2, -0.15) is 0 Å². The monoisotopic (exact) mass is 600 g/mol. The Morgan fingerprint density at radius 1 is 0.571 bits per heavy atom. The van der Waals surface area contributed by atoms with Crippen LogP contribution in [-0.4, -0.2) is 24.9 Å². The minimum Gasteiger partial charge on any atom is -0.384 e. The highest BCUT2D eigenvalue weighted by Crippen LogP contribution is 2.36. The van der Waals surface area contributed by atoms with Crippen LogP contribution in [0.5, 0.6) is 0 Å². The fourth-order valence-corrected chi connectivity index (χ4v) is 7.12. The van der Waals surface area contributed by atoms with Crippen molar-refractivity contribution in [2.24, 2.45) is 0 Å². The molecular formula is C38H64O3S. The van der Waals surface area contributed by atoms with Crippen molar-refractivity contribution in [2.75, 3.05) is 5.75 Å². The molecule has 1 unspecified atom stereocenters. The molecule has 0 radical (unpaired) electrons. The third-order valence-corrected chi connectivity index (χ3v) is 9.75. The number of hydrogen-bond donors (Lipinski definition) is 1. The summed E-state index contributed by atoms with van der Waals surface area (Å²) in [7, 11) is -3.62. The summed E-state index contributed by atoms with van der Waals surface area (Å²) in [5.41, 5.74) is 6.92. The molecule has 0 aromatic rings. The van der Waals surface area contributed by atoms with Crippen LogP contribution in [0, 0.1) is 0 Å². The third kappa shape index (κ3) is 17.9. The van der Waals surface area contributed by atoms with Crippen molar-refractivity contribution in [2.45, 2.75) is 152 Å². The molecule has 0 heterocycles. The topological polar surface area (TPSA) is 54.4 Å². The van der Waals surface area contributed by atoms with Crippen LogP contribution in [0.4, 0.5) is 0 Å². The van der Waals surface area contributed by atoms with Gasteiger partial charge in [0, 0.05) is 0 Å². The fraction of sp³-hybridized carbons (Fsp3) is 0.632. The SMILES string of the molecule is CCCS(=O)(=O)/C(=C(/C)CCC=C(C)C)C(O)(CC=C(C)CCC=C(C)CCC=C(C)C)C/C=C(\C)CCC=C(C)C. The Kier molecular flexibility index (Phi) is 20.0. The summed E-state index contributed by atoms with van der Waals surface area (Å²) < 4.78 is 27.5. The molecule has 42 heavy (non-hydrogen) atoms. The van der Waals surface area contributed by atoms with Crippen LogP contribution in [0.15, 0.2) is 80.4 Å². The van der Waals surface area contributed by atoms with Gasteiger partial charge in [-0.05, 0) is 140 Å². The Morgan fingerprint density at radius 3 is 1.31 bits per heavy atom. The van der Waals surface area contributed by atoms with Gasteiger partial charge in [0.2, 0.25) is 0 Å². The summed E-state index contributed by atoms with van der Waals surface area (Å²) >= 11 is 0. The van der Waals surface area contributed by atoms with Crippen LogP contribution < -0.4 is 0 Å². The average molecular weight is 601 g/mol. The van der Waals surface area contributed by atoms with E-state index < -0.39 is 15.4 Å². The largest absolute Gasteiger partial charge is 0.384 e. The van der Waals surface area contributed by atoms with Gasteiger partial charge in [-0.25, -0.2) is 8.42 Å². The molecule has 0 saturated heterocycles. The first-order valence-corrected chi connectivity index (χ1v) is 17.7. The van der Waals surface area contributed by atoms with Crippen molar-refractivity contribution >= 4 is 9.84 Å². The molecule has 0 aliphatic carbocycles. The molecule has 0 rings (SSSR count). The lowest BCUT2D eigenvalue weighted by Gasteiger charge is -2.31. The van der Waals surface area contributed by atoms with Crippen LogP contribution in [0.3, 0.4) is 0 Å². The first-order chi connectivity index (χ1) is 19.5. The molecule has 1 atom stereocenters. The molecule has 4 heteroatoms. The van der Waals surface area contributed by atoms with E-state index in [1.807, 2.05) is 13.8 Å². The highest BCUT2D eigenvalue weighted by atomic mass is 32.2. The highest BCUT2D eigenvalue weighted by molar-refractivity contribution is 7.95. The van der Waals surface area contributed by atoms with E-state index >= 15 is 0 Å². The van der Waals surface area contributed by atoms with Crippen LogP contribution in [0.2, 0.25) is 0 Å². The van der Waals surface area contributed by atoms with Gasteiger partial charge in [0.1, 0.15) is 5.60 Å². The summed E-state index contributed by atoms with van der Waals surface area (Å²) in [6, 6.07) is 0. The first kappa shape index (κ1) is 40.1. The Bertz CT molecular complexity index is 1140. The molecular weight excluding hydrogens is 536 g/mol. The molecule has 0 aliphatic heterocycles. The minimum absolute atomic E-state index is 0.0490. The first-order valence-electron chi connectivity index (χ1n) is 16.1. The molecule has 3 nitrogen and oxygen atoms in total. The zero-order valence-corrected chi connectivity index (χ0v) is 29.9. The molecule has 0 aromatic carbocycles. The molecule has 0 fully saturated rings. The summed E-state index contributed by atoms with van der Waals surface area (Å²) in [5.74, 6) is 0.0490. The third-order valence-electron chi connectivity index (χ3n) is 7.46. The van der Waals surface area contributed by atoms with E-state index in [4.69, 9.17) is 0 Å². The van der Waals surface area contributed by atoms with Gasteiger partial charge in [-0.1, -0.05) is 82.4 Å². The maximum atomic E-state index is 13.7. The van der Waals surface area contributed by atoms with E-state index in [-0.39, 0.29) is 17.1 Å². The van der Waals surface area contributed by atoms with Crippen LogP contribution >= 0.6 is 0 Å². The van der Waals surface area contributed by atoms with Crippen molar-refractivity contribution in [3.8, 4) is 0 Å². The Balaban J connectivity index is 6.31. The second-order valence-corrected chi connectivity index (χ2v) is 15.1. The van der Waals surface area contributed by atoms with Gasteiger partial charge < -0.3 is 5.11 Å². The Hall–Kier alpha value is -1.91. The summed E-state index contributed by atoms with van der Waals surface area (Å²) in [4.78, 5) is 0.242. The maximum absolute atomic E-state index is 13.7. The second kappa shape index (κ2) is 20.9. The predicted octanol–water partition coefficient (Wildman–Crippen LogP) is 11.5. The molecule has 1 N–H and O–H groups in total. The van der Waals surface area contributed by atoms with Gasteiger partial charge in [-0.15, -0.1) is 0 Å². The van der Waals surface area contributed by atoms with E-state index in [1.165, 1.54) is 33.4 Å². The summed E-state index contributed by atoms with van der Waals surface area (Å²) in [6.45, 7) is 22.7. The Labute approximate surface area is 261 Å². The van der Waals surface area contributed by atoms with Gasteiger partial charge >= 0.3 is 0 Å². The molecule has 0 spiro atoms. The van der Waals surface area contributed by atoms with Crippen LogP contribution in [-0.2, 0) is 9.84 Å². The van der Waals surface area contributed by atoms with Crippen molar-refractivity contribution in [3.05, 3.63) is 80.4 Å². The molecule has 0 saturated carbocycles. The highest BCUT2D eigenvalue weighted by Gasteiger charge is 2.39. The van der Waals surface area contributed by atoms with Gasteiger partial charge in [-0.3, -0.25) is 0 Å². The summed E-state index contributed by atoms with van der Waals surface area (Å²) in [5, 5.41) is 12.3. The van der Waals surface area contributed by atoms with Crippen molar-refractivity contribution in [3.63, 3.8) is 0 Å². The van der Waals surface area contributed by atoms with E-state index in [2.05, 4.69) is 98.8 Å². The molecule has 240 valence electrons. The smallest absolute Gasteiger partial charge is 0.177 e. The van der Waals surface area contributed by atoms with Gasteiger partial charge in [0.15, 0.2) is 9.84 Å². The maximum Gasteiger partial charge on any atom is 0.177 e. The number of rotatable bonds is 20. The zero-order valence-electron chi connectivity index (χ0n) is 29.1. The lowest BCUT2D eigenvalue weighted by Crippen LogP contribution is -2.36. The zero-order chi connectivity index (χ0) is 32.3. The minimum atomic E-state index is -3.62. The van der Waals surface area contributed by atoms with E-state index in [0.717, 1.165) is 50.5 Å². The van der Waals surface area contributed by atoms with E-state index in [0.29, 0.717) is 19.3 Å². The number of hydrogen-bond acceptors (Lipinski definition) is 3. The van der Waals surface area contributed by atoms with Crippen molar-refractivity contribution in [1.29, 1.82) is 0 Å². The quantitative estimate of drug-likeness (QED) is 0.141. The van der Waals surface area contributed by atoms with Crippen molar-refractivity contribution in [1.82, 2.24) is 0 Å². The Morgan fingerprint density at radius 2 is 0.929 bits per heavy atom. The number of allylic oxidation sites excluding steroid dienone is 11. The molecule has 0 aliphatic rings. The lowest BCUT2D eigenvalue weighted by atomic mass is 9.89. The fourth-order valence-electron chi connectivity index (χ4n) is 5.00. The van der Waals surface area contributed by atoms with Gasteiger partial charge in [0.25, 0.3) is 0 Å². The van der Waals surface area contributed by atoms with E-state index in [9.17, 15) is 13.5 Å². The second-order valence-electron chi connectivity index (χ2n) is 13.0. The molecule has 0 bridgehead atoms. The normalized spacial score (nSPS) is 15.1. The summed E-state index contributed by atoms with van der Waals surface area (Å²) in [6.07, 6.45) is 21.4. The van der Waals surface area contributed by atoms with Gasteiger partial charge in [0.05, 0.1) is 10.7 Å². The van der Waals surface area contributed by atoms with Crippen LogP contribution in [0.1, 0.15) is 147 Å². The number of sulfone groups is 1. The lowest BCUT2D eigenvalue weighted by molar-refractivity contribution is 0.0905. The molecule has 0 amide bonds. The van der Waals surface area contributed by atoms with Crippen LogP contribution in [0.25, 0.3) is 0 Å². The van der Waals surface area contributed by atoms with Crippen molar-refractivity contribution < 1.29 is 13.5 Å². The number of aliphatic hydroxyl groups is 1. The standard InChI is InChI=1S/C38H64O3S/c1-12-29-42(40,41)37(36(11)24-15-19-32(6)7)38(39,27-25-34(9)21-14-18-31(4)5)28-26-35(10)23-16-22-33(8)20-13-17-30(2)3/h17-19,22,25-26,39H,12-16,20-21,23-24,27-29H2,1-11H3/b33-22?,34-25+,35-26?,37-36-.